The van der Waals surface area contributed by atoms with Crippen molar-refractivity contribution in [1.82, 2.24) is 4.90 Å². The van der Waals surface area contributed by atoms with Crippen LogP contribution in [0.3, 0.4) is 0 Å². The summed E-state index contributed by atoms with van der Waals surface area (Å²) in [4.78, 5) is 14.6. The minimum atomic E-state index is -0.820. The van der Waals surface area contributed by atoms with Crippen molar-refractivity contribution in [3.05, 3.63) is 57.5 Å². The predicted molar refractivity (Wildman–Crippen MR) is 89.3 cm³/mol. The Morgan fingerprint density at radius 1 is 1.39 bits per heavy atom. The van der Waals surface area contributed by atoms with Crippen molar-refractivity contribution in [3.8, 4) is 0 Å². The zero-order valence-electron chi connectivity index (χ0n) is 13.0. The summed E-state index contributed by atoms with van der Waals surface area (Å²) >= 11 is 1.57. The van der Waals surface area contributed by atoms with Crippen molar-refractivity contribution in [2.24, 2.45) is 0 Å². The standard InChI is InChI=1S/C18H20FNO2S/c1-12-10-16(23-11-12)17(13-6-2-3-7-14(13)19)20-9-5-4-8-15(20)18(21)22/h2-3,6-7,10-11,15,17H,4-5,8-9H2,1H3,(H,21,22). The second kappa shape index (κ2) is 6.81. The van der Waals surface area contributed by atoms with Gasteiger partial charge in [0.2, 0.25) is 0 Å². The lowest BCUT2D eigenvalue weighted by molar-refractivity contribution is -0.145. The summed E-state index contributed by atoms with van der Waals surface area (Å²) in [6.07, 6.45) is 2.46. The predicted octanol–water partition coefficient (Wildman–Crippen LogP) is 4.22. The van der Waals surface area contributed by atoms with Crippen molar-refractivity contribution in [3.63, 3.8) is 0 Å². The maximum absolute atomic E-state index is 14.4. The largest absolute Gasteiger partial charge is 0.480 e. The Morgan fingerprint density at radius 3 is 2.83 bits per heavy atom. The molecular formula is C18H20FNO2S. The molecule has 1 N–H and O–H groups in total. The molecule has 1 saturated heterocycles. The van der Waals surface area contributed by atoms with E-state index in [1.54, 1.807) is 23.5 Å². The minimum Gasteiger partial charge on any atom is -0.480 e. The van der Waals surface area contributed by atoms with Gasteiger partial charge in [-0.25, -0.2) is 4.39 Å². The summed E-state index contributed by atoms with van der Waals surface area (Å²) in [5.41, 5.74) is 1.68. The van der Waals surface area contributed by atoms with Gasteiger partial charge >= 0.3 is 5.97 Å². The van der Waals surface area contributed by atoms with Crippen LogP contribution in [0.2, 0.25) is 0 Å². The number of aryl methyl sites for hydroxylation is 1. The summed E-state index contributed by atoms with van der Waals surface area (Å²) in [6, 6.07) is 7.83. The molecule has 0 radical (unpaired) electrons. The van der Waals surface area contributed by atoms with E-state index in [0.29, 0.717) is 18.5 Å². The van der Waals surface area contributed by atoms with Crippen LogP contribution in [-0.2, 0) is 4.79 Å². The Morgan fingerprint density at radius 2 is 2.17 bits per heavy atom. The van der Waals surface area contributed by atoms with Crippen molar-refractivity contribution in [2.45, 2.75) is 38.3 Å². The molecular weight excluding hydrogens is 313 g/mol. The maximum atomic E-state index is 14.4. The Balaban J connectivity index is 2.08. The Labute approximate surface area is 139 Å². The molecule has 1 aliphatic rings. The molecule has 0 aliphatic carbocycles. The van der Waals surface area contributed by atoms with Crippen LogP contribution in [0.1, 0.15) is 41.3 Å². The lowest BCUT2D eigenvalue weighted by Crippen LogP contribution is -2.46. The number of piperidine rings is 1. The second-order valence-electron chi connectivity index (χ2n) is 6.04. The topological polar surface area (TPSA) is 40.5 Å². The van der Waals surface area contributed by atoms with Crippen LogP contribution in [0.15, 0.2) is 35.7 Å². The van der Waals surface area contributed by atoms with Gasteiger partial charge in [0.1, 0.15) is 11.9 Å². The quantitative estimate of drug-likeness (QED) is 0.910. The van der Waals surface area contributed by atoms with Crippen molar-refractivity contribution < 1.29 is 14.3 Å². The third-order valence-electron chi connectivity index (χ3n) is 4.38. The average molecular weight is 333 g/mol. The zero-order valence-corrected chi connectivity index (χ0v) is 13.9. The third-order valence-corrected chi connectivity index (χ3v) is 5.48. The van der Waals surface area contributed by atoms with E-state index >= 15 is 0 Å². The number of hydrogen-bond acceptors (Lipinski definition) is 3. The number of carboxylic acids is 1. The Bertz CT molecular complexity index is 700. The fourth-order valence-corrected chi connectivity index (χ4v) is 4.35. The van der Waals surface area contributed by atoms with Gasteiger partial charge in [0, 0.05) is 10.4 Å². The van der Waals surface area contributed by atoms with Crippen LogP contribution in [0, 0.1) is 12.7 Å². The molecule has 3 rings (SSSR count). The van der Waals surface area contributed by atoms with Crippen molar-refractivity contribution in [2.75, 3.05) is 6.54 Å². The monoisotopic (exact) mass is 333 g/mol. The van der Waals surface area contributed by atoms with Gasteiger partial charge in [-0.15, -0.1) is 11.3 Å². The number of thiophene rings is 1. The third kappa shape index (κ3) is 3.31. The number of benzene rings is 1. The molecule has 23 heavy (non-hydrogen) atoms. The maximum Gasteiger partial charge on any atom is 0.320 e. The number of aliphatic carboxylic acids is 1. The van der Waals surface area contributed by atoms with Gasteiger partial charge in [0.05, 0.1) is 6.04 Å². The highest BCUT2D eigenvalue weighted by Gasteiger charge is 2.36. The van der Waals surface area contributed by atoms with Crippen LogP contribution in [0.4, 0.5) is 4.39 Å². The lowest BCUT2D eigenvalue weighted by Gasteiger charge is -2.39. The number of nitrogens with zero attached hydrogens (tertiary/aromatic N) is 1. The van der Waals surface area contributed by atoms with Crippen LogP contribution < -0.4 is 0 Å². The van der Waals surface area contributed by atoms with E-state index in [0.717, 1.165) is 23.3 Å². The van der Waals surface area contributed by atoms with Crippen LogP contribution in [0.25, 0.3) is 0 Å². The molecule has 2 atom stereocenters. The van der Waals surface area contributed by atoms with Crippen LogP contribution in [-0.4, -0.2) is 28.6 Å². The van der Waals surface area contributed by atoms with Gasteiger partial charge in [0.15, 0.2) is 0 Å². The number of likely N-dealkylation sites (tertiary alicyclic amines) is 1. The van der Waals surface area contributed by atoms with Crippen LogP contribution >= 0.6 is 11.3 Å². The molecule has 5 heteroatoms. The Hall–Kier alpha value is -1.72. The molecule has 2 unspecified atom stereocenters. The minimum absolute atomic E-state index is 0.279. The smallest absolute Gasteiger partial charge is 0.320 e. The van der Waals surface area contributed by atoms with Crippen molar-refractivity contribution >= 4 is 17.3 Å². The number of rotatable bonds is 4. The number of carbonyl (C=O) groups is 1. The fraction of sp³-hybridized carbons (Fsp3) is 0.389. The molecule has 2 heterocycles. The van der Waals surface area contributed by atoms with Gasteiger partial charge in [0.25, 0.3) is 0 Å². The summed E-state index contributed by atoms with van der Waals surface area (Å²) in [5.74, 6) is -1.10. The van der Waals surface area contributed by atoms with Crippen molar-refractivity contribution in [1.29, 1.82) is 0 Å². The first-order valence-electron chi connectivity index (χ1n) is 7.86. The number of hydrogen-bond donors (Lipinski definition) is 1. The highest BCUT2D eigenvalue weighted by Crippen LogP contribution is 2.38. The van der Waals surface area contributed by atoms with E-state index < -0.39 is 12.0 Å². The highest BCUT2D eigenvalue weighted by atomic mass is 32.1. The highest BCUT2D eigenvalue weighted by molar-refractivity contribution is 7.10. The van der Waals surface area contributed by atoms with E-state index in [1.807, 2.05) is 29.3 Å². The lowest BCUT2D eigenvalue weighted by atomic mass is 9.95. The molecule has 0 amide bonds. The molecule has 122 valence electrons. The number of halogens is 1. The summed E-state index contributed by atoms with van der Waals surface area (Å²) in [5, 5.41) is 11.6. The van der Waals surface area contributed by atoms with E-state index in [9.17, 15) is 14.3 Å². The SMILES string of the molecule is Cc1csc(C(c2ccccc2F)N2CCCCC2C(=O)O)c1. The van der Waals surface area contributed by atoms with Crippen LogP contribution in [0.5, 0.6) is 0 Å². The van der Waals surface area contributed by atoms with Gasteiger partial charge < -0.3 is 5.11 Å². The molecule has 0 bridgehead atoms. The van der Waals surface area contributed by atoms with E-state index in [2.05, 4.69) is 0 Å². The summed E-state index contributed by atoms with van der Waals surface area (Å²) in [7, 11) is 0. The molecule has 0 saturated carbocycles. The second-order valence-corrected chi connectivity index (χ2v) is 6.98. The summed E-state index contributed by atoms with van der Waals surface area (Å²) < 4.78 is 14.4. The van der Waals surface area contributed by atoms with Gasteiger partial charge in [-0.3, -0.25) is 9.69 Å². The first-order chi connectivity index (χ1) is 11.1. The molecule has 3 nitrogen and oxygen atoms in total. The first-order valence-corrected chi connectivity index (χ1v) is 8.74. The molecule has 0 spiro atoms. The molecule has 2 aromatic rings. The van der Waals surface area contributed by atoms with E-state index in [1.165, 1.54) is 6.07 Å². The number of carboxylic acid groups (broad SMARTS) is 1. The van der Waals surface area contributed by atoms with E-state index in [4.69, 9.17) is 0 Å². The van der Waals surface area contributed by atoms with Gasteiger partial charge in [-0.05, 0) is 49.4 Å². The molecule has 1 aliphatic heterocycles. The Kier molecular flexibility index (Phi) is 4.78. The normalized spacial score (nSPS) is 20.3. The molecule has 1 fully saturated rings. The van der Waals surface area contributed by atoms with Gasteiger partial charge in [-0.2, -0.15) is 0 Å². The average Bonchev–Trinajstić information content (AvgIpc) is 2.96. The first kappa shape index (κ1) is 16.1. The van der Waals surface area contributed by atoms with Gasteiger partial charge in [-0.1, -0.05) is 24.6 Å². The van der Waals surface area contributed by atoms with E-state index in [-0.39, 0.29) is 11.9 Å². The molecule has 1 aromatic heterocycles. The fourth-order valence-electron chi connectivity index (χ4n) is 3.32. The zero-order chi connectivity index (χ0) is 16.4. The summed E-state index contributed by atoms with van der Waals surface area (Å²) in [6.45, 7) is 2.68. The molecule has 1 aromatic carbocycles.